The van der Waals surface area contributed by atoms with Crippen LogP contribution < -0.4 is 20.3 Å². The third kappa shape index (κ3) is 4.65. The van der Waals surface area contributed by atoms with Crippen molar-refractivity contribution in [3.63, 3.8) is 0 Å². The van der Waals surface area contributed by atoms with Crippen molar-refractivity contribution in [3.05, 3.63) is 58.6 Å². The molecule has 0 bridgehead atoms. The monoisotopic (exact) mass is 409 g/mol. The molecule has 8 heteroatoms. The maximum absolute atomic E-state index is 13.4. The van der Waals surface area contributed by atoms with E-state index in [4.69, 9.17) is 16.3 Å². The smallest absolute Gasteiger partial charge is 0.315 e. The maximum atomic E-state index is 13.4. The number of nitrogens with one attached hydrogen (secondary N) is 2. The van der Waals surface area contributed by atoms with Gasteiger partial charge in [-0.15, -0.1) is 0 Å². The number of benzene rings is 2. The second kappa shape index (κ2) is 8.65. The van der Waals surface area contributed by atoms with Crippen molar-refractivity contribution >= 4 is 23.3 Å². The average Bonchev–Trinajstić information content (AvgIpc) is 3.12. The van der Waals surface area contributed by atoms with Crippen LogP contribution in [-0.4, -0.2) is 32.3 Å². The molecule has 2 atom stereocenters. The van der Waals surface area contributed by atoms with Crippen LogP contribution in [0, 0.1) is 11.6 Å². The fourth-order valence-corrected chi connectivity index (χ4v) is 3.46. The van der Waals surface area contributed by atoms with Crippen LogP contribution in [0.15, 0.2) is 36.4 Å². The van der Waals surface area contributed by atoms with Gasteiger partial charge in [-0.05, 0) is 49.2 Å². The minimum absolute atomic E-state index is 0.0548. The lowest BCUT2D eigenvalue weighted by Gasteiger charge is -2.22. The number of urea groups is 1. The highest BCUT2D eigenvalue weighted by Gasteiger charge is 2.26. The van der Waals surface area contributed by atoms with Crippen LogP contribution in [0.25, 0.3) is 0 Å². The van der Waals surface area contributed by atoms with E-state index in [1.165, 1.54) is 6.07 Å². The first-order valence-electron chi connectivity index (χ1n) is 8.98. The summed E-state index contributed by atoms with van der Waals surface area (Å²) in [5.41, 5.74) is 1.38. The number of nitrogens with zero attached hydrogens (tertiary/aromatic N) is 1. The zero-order valence-electron chi connectivity index (χ0n) is 15.6. The Balaban J connectivity index is 1.57. The first kappa shape index (κ1) is 20.2. The van der Waals surface area contributed by atoms with E-state index in [1.54, 1.807) is 20.1 Å². The van der Waals surface area contributed by atoms with Crippen LogP contribution in [0.3, 0.4) is 0 Å². The molecule has 1 saturated heterocycles. The summed E-state index contributed by atoms with van der Waals surface area (Å²) in [7, 11) is 1.60. The molecule has 0 spiro atoms. The van der Waals surface area contributed by atoms with Crippen molar-refractivity contribution in [2.45, 2.75) is 25.4 Å². The maximum Gasteiger partial charge on any atom is 0.315 e. The zero-order valence-corrected chi connectivity index (χ0v) is 16.4. The van der Waals surface area contributed by atoms with E-state index in [0.717, 1.165) is 36.5 Å². The number of methoxy groups -OCH3 is 1. The van der Waals surface area contributed by atoms with Gasteiger partial charge >= 0.3 is 6.03 Å². The highest BCUT2D eigenvalue weighted by molar-refractivity contribution is 6.30. The van der Waals surface area contributed by atoms with Crippen LogP contribution in [0.2, 0.25) is 5.02 Å². The van der Waals surface area contributed by atoms with Gasteiger partial charge in [0.1, 0.15) is 5.75 Å². The van der Waals surface area contributed by atoms with Crippen molar-refractivity contribution in [1.29, 1.82) is 0 Å². The van der Waals surface area contributed by atoms with E-state index < -0.39 is 17.7 Å². The Morgan fingerprint density at radius 1 is 1.25 bits per heavy atom. The molecule has 1 aliphatic rings. The van der Waals surface area contributed by atoms with Crippen LogP contribution in [0.4, 0.5) is 19.3 Å². The van der Waals surface area contributed by atoms with Crippen molar-refractivity contribution in [2.24, 2.45) is 0 Å². The third-order valence-electron chi connectivity index (χ3n) is 4.80. The molecule has 1 heterocycles. The standard InChI is InChI=1S/C20H22ClF2N3O2/c1-12(13-3-5-16(22)17(23)9-13)24-20(27)25-15-7-8-26(11-15)18-10-14(21)4-6-19(18)28-2/h3-6,9-10,12,15H,7-8,11H2,1-2H3,(H2,24,25,27). The Kier molecular flexibility index (Phi) is 6.24. The molecular weight excluding hydrogens is 388 g/mol. The number of halogens is 3. The van der Waals surface area contributed by atoms with E-state index >= 15 is 0 Å². The summed E-state index contributed by atoms with van der Waals surface area (Å²) >= 11 is 6.10. The molecule has 1 fully saturated rings. The SMILES string of the molecule is COc1ccc(Cl)cc1N1CCC(NC(=O)NC(C)c2ccc(F)c(F)c2)C1. The Hall–Kier alpha value is -2.54. The molecule has 2 aromatic carbocycles. The minimum atomic E-state index is -0.937. The molecule has 0 aromatic heterocycles. The van der Waals surface area contributed by atoms with Gasteiger partial charge < -0.3 is 20.3 Å². The third-order valence-corrected chi connectivity index (χ3v) is 5.03. The fraction of sp³-hybridized carbons (Fsp3) is 0.350. The lowest BCUT2D eigenvalue weighted by molar-refractivity contribution is 0.235. The summed E-state index contributed by atoms with van der Waals surface area (Å²) in [5, 5.41) is 6.29. The Morgan fingerprint density at radius 3 is 2.75 bits per heavy atom. The molecule has 150 valence electrons. The van der Waals surface area contributed by atoms with E-state index in [0.29, 0.717) is 17.1 Å². The van der Waals surface area contributed by atoms with Gasteiger partial charge in [-0.1, -0.05) is 17.7 Å². The molecule has 1 aliphatic heterocycles. The number of amides is 2. The van der Waals surface area contributed by atoms with Gasteiger partial charge in [0.2, 0.25) is 0 Å². The van der Waals surface area contributed by atoms with Gasteiger partial charge in [-0.25, -0.2) is 13.6 Å². The zero-order chi connectivity index (χ0) is 20.3. The van der Waals surface area contributed by atoms with Crippen LogP contribution in [0.5, 0.6) is 5.75 Å². The minimum Gasteiger partial charge on any atom is -0.495 e. The largest absolute Gasteiger partial charge is 0.495 e. The topological polar surface area (TPSA) is 53.6 Å². The molecule has 2 amide bonds. The number of rotatable bonds is 5. The molecule has 2 aromatic rings. The Morgan fingerprint density at radius 2 is 2.04 bits per heavy atom. The number of ether oxygens (including phenoxy) is 1. The summed E-state index contributed by atoms with van der Waals surface area (Å²) in [6.07, 6.45) is 0.767. The quantitative estimate of drug-likeness (QED) is 0.775. The summed E-state index contributed by atoms with van der Waals surface area (Å²) in [6.45, 7) is 3.08. The molecule has 3 rings (SSSR count). The second-order valence-electron chi connectivity index (χ2n) is 6.76. The molecule has 2 unspecified atom stereocenters. The molecule has 2 N–H and O–H groups in total. The van der Waals surface area contributed by atoms with E-state index in [1.807, 2.05) is 12.1 Å². The number of carbonyl (C=O) groups is 1. The first-order valence-corrected chi connectivity index (χ1v) is 9.35. The van der Waals surface area contributed by atoms with Gasteiger partial charge in [0.15, 0.2) is 11.6 Å². The van der Waals surface area contributed by atoms with Gasteiger partial charge in [0, 0.05) is 24.2 Å². The van der Waals surface area contributed by atoms with Gasteiger partial charge in [0.25, 0.3) is 0 Å². The Bertz CT molecular complexity index is 865. The molecule has 0 saturated carbocycles. The fourth-order valence-electron chi connectivity index (χ4n) is 3.30. The second-order valence-corrected chi connectivity index (χ2v) is 7.20. The molecule has 28 heavy (non-hydrogen) atoms. The molecule has 5 nitrogen and oxygen atoms in total. The summed E-state index contributed by atoms with van der Waals surface area (Å²) in [5.74, 6) is -1.13. The van der Waals surface area contributed by atoms with Crippen LogP contribution >= 0.6 is 11.6 Å². The van der Waals surface area contributed by atoms with E-state index in [-0.39, 0.29) is 12.1 Å². The molecular formula is C20H22ClF2N3O2. The lowest BCUT2D eigenvalue weighted by atomic mass is 10.1. The van der Waals surface area contributed by atoms with Crippen molar-refractivity contribution in [1.82, 2.24) is 10.6 Å². The number of carbonyl (C=O) groups excluding carboxylic acids is 1. The summed E-state index contributed by atoms with van der Waals surface area (Å²) in [4.78, 5) is 14.4. The van der Waals surface area contributed by atoms with Gasteiger partial charge in [-0.3, -0.25) is 0 Å². The number of anilines is 1. The van der Waals surface area contributed by atoms with Crippen LogP contribution in [0.1, 0.15) is 24.9 Å². The number of hydrogen-bond donors (Lipinski definition) is 2. The number of hydrogen-bond acceptors (Lipinski definition) is 3. The van der Waals surface area contributed by atoms with E-state index in [9.17, 15) is 13.6 Å². The molecule has 0 radical (unpaired) electrons. The Labute approximate surface area is 167 Å². The first-order chi connectivity index (χ1) is 13.4. The average molecular weight is 410 g/mol. The highest BCUT2D eigenvalue weighted by Crippen LogP contribution is 2.33. The summed E-state index contributed by atoms with van der Waals surface area (Å²) < 4.78 is 31.8. The van der Waals surface area contributed by atoms with E-state index in [2.05, 4.69) is 15.5 Å². The predicted octanol–water partition coefficient (Wildman–Crippen LogP) is 4.27. The summed E-state index contributed by atoms with van der Waals surface area (Å²) in [6, 6.07) is 8.14. The van der Waals surface area contributed by atoms with Crippen LogP contribution in [-0.2, 0) is 0 Å². The highest BCUT2D eigenvalue weighted by atomic mass is 35.5. The van der Waals surface area contributed by atoms with Gasteiger partial charge in [0.05, 0.1) is 18.8 Å². The van der Waals surface area contributed by atoms with Gasteiger partial charge in [-0.2, -0.15) is 0 Å². The predicted molar refractivity (Wildman–Crippen MR) is 105 cm³/mol. The van der Waals surface area contributed by atoms with Crippen molar-refractivity contribution in [3.8, 4) is 5.75 Å². The molecule has 0 aliphatic carbocycles. The normalized spacial score (nSPS) is 17.3. The van der Waals surface area contributed by atoms with Crippen molar-refractivity contribution < 1.29 is 18.3 Å². The van der Waals surface area contributed by atoms with Crippen molar-refractivity contribution in [2.75, 3.05) is 25.1 Å². The lowest BCUT2D eigenvalue weighted by Crippen LogP contribution is -2.44.